The van der Waals surface area contributed by atoms with E-state index in [1.54, 1.807) is 6.33 Å². The summed E-state index contributed by atoms with van der Waals surface area (Å²) in [5.41, 5.74) is 6.94. The molecule has 0 bridgehead atoms. The quantitative estimate of drug-likeness (QED) is 0.220. The molecule has 0 unspecified atom stereocenters. The minimum atomic E-state index is 0.956. The third kappa shape index (κ3) is 3.17. The van der Waals surface area contributed by atoms with Crippen molar-refractivity contribution in [2.75, 3.05) is 4.90 Å². The van der Waals surface area contributed by atoms with Crippen LogP contribution in [-0.4, -0.2) is 9.97 Å². The zero-order valence-corrected chi connectivity index (χ0v) is 21.2. The Hall–Kier alpha value is -4.67. The molecule has 0 N–H and O–H groups in total. The third-order valence-corrected chi connectivity index (χ3v) is 8.53. The van der Waals surface area contributed by atoms with Gasteiger partial charge in [0.1, 0.15) is 6.33 Å². The molecule has 7 aromatic rings. The molecular formula is C34H21N3S. The summed E-state index contributed by atoms with van der Waals surface area (Å²) in [5.74, 6) is 0. The van der Waals surface area contributed by atoms with Crippen molar-refractivity contribution in [2.24, 2.45) is 0 Å². The van der Waals surface area contributed by atoms with Crippen LogP contribution in [0.5, 0.6) is 0 Å². The second kappa shape index (κ2) is 8.44. The molecule has 1 aliphatic heterocycles. The maximum atomic E-state index is 4.62. The molecule has 1 aromatic heterocycles. The van der Waals surface area contributed by atoms with Crippen molar-refractivity contribution in [3.8, 4) is 11.1 Å². The summed E-state index contributed by atoms with van der Waals surface area (Å²) in [6, 6.07) is 41.4. The zero-order valence-electron chi connectivity index (χ0n) is 20.4. The first-order chi connectivity index (χ1) is 18.9. The van der Waals surface area contributed by atoms with Crippen LogP contribution < -0.4 is 4.90 Å². The molecule has 178 valence electrons. The molecule has 0 atom stereocenters. The van der Waals surface area contributed by atoms with E-state index in [9.17, 15) is 0 Å². The zero-order chi connectivity index (χ0) is 25.1. The van der Waals surface area contributed by atoms with Crippen LogP contribution in [0.4, 0.5) is 17.1 Å². The summed E-state index contributed by atoms with van der Waals surface area (Å²) in [7, 11) is 0. The van der Waals surface area contributed by atoms with E-state index >= 15 is 0 Å². The van der Waals surface area contributed by atoms with Gasteiger partial charge in [0.15, 0.2) is 0 Å². The van der Waals surface area contributed by atoms with Crippen LogP contribution >= 0.6 is 11.8 Å². The number of anilines is 3. The highest BCUT2D eigenvalue weighted by molar-refractivity contribution is 7.99. The predicted molar refractivity (Wildman–Crippen MR) is 159 cm³/mol. The molecule has 0 saturated heterocycles. The molecule has 0 spiro atoms. The van der Waals surface area contributed by atoms with Gasteiger partial charge in [0.2, 0.25) is 0 Å². The summed E-state index contributed by atoms with van der Waals surface area (Å²) in [6.45, 7) is 0. The highest BCUT2D eigenvalue weighted by atomic mass is 32.2. The second-order valence-corrected chi connectivity index (χ2v) is 10.6. The first-order valence-corrected chi connectivity index (χ1v) is 13.5. The van der Waals surface area contributed by atoms with E-state index in [0.717, 1.165) is 10.9 Å². The van der Waals surface area contributed by atoms with Gasteiger partial charge in [-0.1, -0.05) is 90.6 Å². The SMILES string of the molecule is c1ccc2c(c1)Sc1ccccc1N2c1ccc(-c2cc3ncncc3c3ccccc23)c2ccccc12. The number of fused-ring (bicyclic) bond motifs is 6. The van der Waals surface area contributed by atoms with Gasteiger partial charge in [-0.15, -0.1) is 0 Å². The van der Waals surface area contributed by atoms with Crippen LogP contribution in [0.2, 0.25) is 0 Å². The van der Waals surface area contributed by atoms with Crippen LogP contribution in [0, 0.1) is 0 Å². The van der Waals surface area contributed by atoms with Gasteiger partial charge in [-0.3, -0.25) is 0 Å². The summed E-state index contributed by atoms with van der Waals surface area (Å²) in [5, 5.41) is 5.89. The molecule has 38 heavy (non-hydrogen) atoms. The minimum absolute atomic E-state index is 0.956. The molecule has 0 amide bonds. The molecule has 3 nitrogen and oxygen atoms in total. The fourth-order valence-electron chi connectivity index (χ4n) is 5.73. The van der Waals surface area contributed by atoms with Crippen molar-refractivity contribution in [2.45, 2.75) is 9.79 Å². The molecule has 0 radical (unpaired) electrons. The van der Waals surface area contributed by atoms with Crippen LogP contribution in [0.25, 0.3) is 43.6 Å². The van der Waals surface area contributed by atoms with Gasteiger partial charge in [-0.2, -0.15) is 0 Å². The fourth-order valence-corrected chi connectivity index (χ4v) is 6.79. The lowest BCUT2D eigenvalue weighted by molar-refractivity contribution is 1.17. The summed E-state index contributed by atoms with van der Waals surface area (Å²) in [6.07, 6.45) is 3.55. The van der Waals surface area contributed by atoms with E-state index in [1.165, 1.54) is 59.5 Å². The number of hydrogen-bond donors (Lipinski definition) is 0. The van der Waals surface area contributed by atoms with Gasteiger partial charge in [0.05, 0.1) is 22.6 Å². The lowest BCUT2D eigenvalue weighted by Crippen LogP contribution is -2.15. The van der Waals surface area contributed by atoms with E-state index in [-0.39, 0.29) is 0 Å². The first kappa shape index (κ1) is 21.4. The molecule has 0 saturated carbocycles. The molecule has 1 aliphatic rings. The summed E-state index contributed by atoms with van der Waals surface area (Å²) >= 11 is 1.84. The maximum absolute atomic E-state index is 4.62. The normalized spacial score (nSPS) is 12.6. The Morgan fingerprint density at radius 1 is 0.500 bits per heavy atom. The Morgan fingerprint density at radius 2 is 1.11 bits per heavy atom. The van der Waals surface area contributed by atoms with Gasteiger partial charge in [0.25, 0.3) is 0 Å². The average molecular weight is 504 g/mol. The van der Waals surface area contributed by atoms with Crippen molar-refractivity contribution >= 4 is 61.3 Å². The van der Waals surface area contributed by atoms with Gasteiger partial charge in [-0.25, -0.2) is 9.97 Å². The van der Waals surface area contributed by atoms with Gasteiger partial charge in [-0.05, 0) is 63.7 Å². The predicted octanol–water partition coefficient (Wildman–Crippen LogP) is 9.54. The number of rotatable bonds is 2. The summed E-state index contributed by atoms with van der Waals surface area (Å²) < 4.78 is 0. The Labute approximate surface area is 224 Å². The number of aromatic nitrogens is 2. The largest absolute Gasteiger partial charge is 0.308 e. The standard InChI is InChI=1S/C34H21N3S/c1-2-11-24-23(10-1)27(19-29-28(24)20-35-21-36-29)25-17-18-30(26-12-4-3-9-22(25)26)37-31-13-5-7-15-33(31)38-34-16-8-6-14-32(34)37/h1-21H. The van der Waals surface area contributed by atoms with Crippen molar-refractivity contribution in [3.63, 3.8) is 0 Å². The molecule has 2 heterocycles. The van der Waals surface area contributed by atoms with Crippen molar-refractivity contribution < 1.29 is 0 Å². The third-order valence-electron chi connectivity index (χ3n) is 7.40. The van der Waals surface area contributed by atoms with Crippen LogP contribution in [-0.2, 0) is 0 Å². The molecular weight excluding hydrogens is 482 g/mol. The van der Waals surface area contributed by atoms with Crippen molar-refractivity contribution in [1.29, 1.82) is 0 Å². The second-order valence-electron chi connectivity index (χ2n) is 9.48. The van der Waals surface area contributed by atoms with Gasteiger partial charge >= 0.3 is 0 Å². The Morgan fingerprint density at radius 3 is 1.84 bits per heavy atom. The molecule has 8 rings (SSSR count). The Bertz CT molecular complexity index is 1990. The summed E-state index contributed by atoms with van der Waals surface area (Å²) in [4.78, 5) is 13.9. The lowest BCUT2D eigenvalue weighted by Gasteiger charge is -2.33. The van der Waals surface area contributed by atoms with Crippen molar-refractivity contribution in [3.05, 3.63) is 128 Å². The lowest BCUT2D eigenvalue weighted by atomic mass is 9.91. The minimum Gasteiger partial charge on any atom is -0.308 e. The van der Waals surface area contributed by atoms with E-state index < -0.39 is 0 Å². The smallest absolute Gasteiger partial charge is 0.116 e. The molecule has 6 aromatic carbocycles. The van der Waals surface area contributed by atoms with Crippen molar-refractivity contribution in [1.82, 2.24) is 9.97 Å². The molecule has 0 aliphatic carbocycles. The van der Waals surface area contributed by atoms with Crippen LogP contribution in [0.3, 0.4) is 0 Å². The first-order valence-electron chi connectivity index (χ1n) is 12.7. The Kier molecular flexibility index (Phi) is 4.76. The van der Waals surface area contributed by atoms with E-state index in [2.05, 4.69) is 130 Å². The Balaban J connectivity index is 1.43. The van der Waals surface area contributed by atoms with Crippen LogP contribution in [0.15, 0.2) is 138 Å². The number of para-hydroxylation sites is 2. The topological polar surface area (TPSA) is 29.0 Å². The highest BCUT2D eigenvalue weighted by Gasteiger charge is 2.26. The number of hydrogen-bond acceptors (Lipinski definition) is 4. The van der Waals surface area contributed by atoms with Gasteiger partial charge < -0.3 is 4.90 Å². The monoisotopic (exact) mass is 503 g/mol. The highest BCUT2D eigenvalue weighted by Crippen LogP contribution is 2.53. The number of benzene rings is 6. The molecule has 0 fully saturated rings. The number of nitrogens with zero attached hydrogens (tertiary/aromatic N) is 3. The fraction of sp³-hybridized carbons (Fsp3) is 0. The maximum Gasteiger partial charge on any atom is 0.116 e. The average Bonchev–Trinajstić information content (AvgIpc) is 2.99. The molecule has 4 heteroatoms. The van der Waals surface area contributed by atoms with E-state index in [0.29, 0.717) is 0 Å². The van der Waals surface area contributed by atoms with E-state index in [1.807, 2.05) is 18.0 Å². The van der Waals surface area contributed by atoms with Gasteiger partial charge in [0, 0.05) is 26.8 Å². The van der Waals surface area contributed by atoms with E-state index in [4.69, 9.17) is 0 Å². The van der Waals surface area contributed by atoms with Crippen LogP contribution in [0.1, 0.15) is 0 Å².